The van der Waals surface area contributed by atoms with E-state index in [1.807, 2.05) is 6.92 Å². The van der Waals surface area contributed by atoms with Crippen molar-refractivity contribution in [3.63, 3.8) is 0 Å². The van der Waals surface area contributed by atoms with Gasteiger partial charge in [-0.3, -0.25) is 4.79 Å². The van der Waals surface area contributed by atoms with E-state index < -0.39 is 28.9 Å². The van der Waals surface area contributed by atoms with Gasteiger partial charge in [0.1, 0.15) is 23.0 Å². The molecule has 0 aromatic heterocycles. The van der Waals surface area contributed by atoms with Crippen LogP contribution in [0.5, 0.6) is 0 Å². The lowest BCUT2D eigenvalue weighted by Crippen LogP contribution is -2.28. The summed E-state index contributed by atoms with van der Waals surface area (Å²) in [5.41, 5.74) is -0.750. The van der Waals surface area contributed by atoms with Gasteiger partial charge in [-0.15, -0.1) is 0 Å². The summed E-state index contributed by atoms with van der Waals surface area (Å²) in [5.74, 6) is -4.32. The molecule has 0 saturated heterocycles. The van der Waals surface area contributed by atoms with Gasteiger partial charge in [0.25, 0.3) is 5.91 Å². The molecular weight excluding hydrogens is 245 g/mol. The Morgan fingerprint density at radius 3 is 2.33 bits per heavy atom. The summed E-state index contributed by atoms with van der Waals surface area (Å²) < 4.78 is 39.1. The van der Waals surface area contributed by atoms with Gasteiger partial charge in [-0.2, -0.15) is 0 Å². The predicted molar refractivity (Wildman–Crippen MR) is 61.8 cm³/mol. The van der Waals surface area contributed by atoms with Gasteiger partial charge in [0, 0.05) is 18.7 Å². The molecule has 0 spiro atoms. The Kier molecular flexibility index (Phi) is 5.64. The smallest absolute Gasteiger partial charge is 0.257 e. The largest absolute Gasteiger partial charge is 0.352 e. The van der Waals surface area contributed by atoms with E-state index in [0.29, 0.717) is 31.6 Å². The average Bonchev–Trinajstić information content (AvgIpc) is 2.27. The van der Waals surface area contributed by atoms with E-state index >= 15 is 0 Å². The highest BCUT2D eigenvalue weighted by molar-refractivity contribution is 5.94. The summed E-state index contributed by atoms with van der Waals surface area (Å²) in [4.78, 5) is 11.5. The number of hydrogen-bond acceptors (Lipinski definition) is 2. The molecule has 0 atom stereocenters. The molecule has 0 radical (unpaired) electrons. The van der Waals surface area contributed by atoms with E-state index in [0.717, 1.165) is 6.54 Å². The molecule has 0 aliphatic heterocycles. The zero-order valence-corrected chi connectivity index (χ0v) is 10.0. The average molecular weight is 260 g/mol. The van der Waals surface area contributed by atoms with Gasteiger partial charge >= 0.3 is 0 Å². The van der Waals surface area contributed by atoms with Crippen LogP contribution in [0.15, 0.2) is 12.1 Å². The minimum absolute atomic E-state index is 0.294. The van der Waals surface area contributed by atoms with Crippen LogP contribution in [-0.4, -0.2) is 25.5 Å². The second-order valence-corrected chi connectivity index (χ2v) is 3.71. The maximum absolute atomic E-state index is 13.2. The maximum atomic E-state index is 13.2. The third kappa shape index (κ3) is 4.03. The fourth-order valence-electron chi connectivity index (χ4n) is 1.44. The Balaban J connectivity index is 2.57. The lowest BCUT2D eigenvalue weighted by molar-refractivity contribution is 0.0944. The van der Waals surface area contributed by atoms with Crippen molar-refractivity contribution < 1.29 is 18.0 Å². The molecule has 1 amide bonds. The van der Waals surface area contributed by atoms with Crippen LogP contribution in [0.25, 0.3) is 0 Å². The Hall–Kier alpha value is -1.56. The van der Waals surface area contributed by atoms with Gasteiger partial charge in [-0.05, 0) is 19.5 Å². The summed E-state index contributed by atoms with van der Waals surface area (Å²) in [5, 5.41) is 5.42. The number of benzene rings is 1. The lowest BCUT2D eigenvalue weighted by Gasteiger charge is -2.07. The fourth-order valence-corrected chi connectivity index (χ4v) is 1.44. The molecule has 6 heteroatoms. The molecule has 0 aliphatic rings. The van der Waals surface area contributed by atoms with Gasteiger partial charge in [0.2, 0.25) is 0 Å². The van der Waals surface area contributed by atoms with Crippen molar-refractivity contribution in [1.82, 2.24) is 10.6 Å². The third-order valence-electron chi connectivity index (χ3n) is 2.30. The van der Waals surface area contributed by atoms with Crippen molar-refractivity contribution in [1.29, 1.82) is 0 Å². The summed E-state index contributed by atoms with van der Waals surface area (Å²) in [6.07, 6.45) is 0.643. The second kappa shape index (κ2) is 7.00. The Bertz CT molecular complexity index is 401. The minimum Gasteiger partial charge on any atom is -0.352 e. The molecule has 1 rings (SSSR count). The zero-order valence-electron chi connectivity index (χ0n) is 10.0. The monoisotopic (exact) mass is 260 g/mol. The van der Waals surface area contributed by atoms with Crippen LogP contribution < -0.4 is 10.6 Å². The van der Waals surface area contributed by atoms with Crippen LogP contribution in [0.2, 0.25) is 0 Å². The first-order chi connectivity index (χ1) is 8.56. The maximum Gasteiger partial charge on any atom is 0.257 e. The molecule has 18 heavy (non-hydrogen) atoms. The highest BCUT2D eigenvalue weighted by Crippen LogP contribution is 2.14. The molecule has 0 saturated carbocycles. The van der Waals surface area contributed by atoms with Crippen LogP contribution in [0.3, 0.4) is 0 Å². The molecule has 0 bridgehead atoms. The molecule has 1 aromatic carbocycles. The second-order valence-electron chi connectivity index (χ2n) is 3.71. The molecular formula is C12H15F3N2O. The SMILES string of the molecule is CCNCCCNC(=O)c1c(F)cc(F)cc1F. The Morgan fingerprint density at radius 2 is 1.78 bits per heavy atom. The first-order valence-corrected chi connectivity index (χ1v) is 5.69. The van der Waals surface area contributed by atoms with Crippen LogP contribution in [0.1, 0.15) is 23.7 Å². The molecule has 2 N–H and O–H groups in total. The number of carbonyl (C=O) groups is 1. The van der Waals surface area contributed by atoms with Gasteiger partial charge < -0.3 is 10.6 Å². The van der Waals surface area contributed by atoms with E-state index in [-0.39, 0.29) is 0 Å². The molecule has 0 unspecified atom stereocenters. The summed E-state index contributed by atoms with van der Waals surface area (Å²) in [6.45, 7) is 3.75. The normalized spacial score (nSPS) is 10.4. The standard InChI is InChI=1S/C12H15F3N2O/c1-2-16-4-3-5-17-12(18)11-9(14)6-8(13)7-10(11)15/h6-7,16H,2-5H2,1H3,(H,17,18). The van der Waals surface area contributed by atoms with Crippen molar-refractivity contribution >= 4 is 5.91 Å². The van der Waals surface area contributed by atoms with E-state index in [1.54, 1.807) is 0 Å². The van der Waals surface area contributed by atoms with Crippen molar-refractivity contribution in [3.8, 4) is 0 Å². The molecule has 100 valence electrons. The van der Waals surface area contributed by atoms with Crippen LogP contribution in [-0.2, 0) is 0 Å². The number of halogens is 3. The van der Waals surface area contributed by atoms with E-state index in [9.17, 15) is 18.0 Å². The summed E-state index contributed by atoms with van der Waals surface area (Å²) >= 11 is 0. The van der Waals surface area contributed by atoms with E-state index in [1.165, 1.54) is 0 Å². The quantitative estimate of drug-likeness (QED) is 0.766. The lowest BCUT2D eigenvalue weighted by atomic mass is 10.1. The zero-order chi connectivity index (χ0) is 13.5. The Morgan fingerprint density at radius 1 is 1.17 bits per heavy atom. The van der Waals surface area contributed by atoms with Gasteiger partial charge in [0.15, 0.2) is 0 Å². The van der Waals surface area contributed by atoms with Crippen molar-refractivity contribution in [2.75, 3.05) is 19.6 Å². The number of amides is 1. The molecule has 1 aromatic rings. The molecule has 3 nitrogen and oxygen atoms in total. The fraction of sp³-hybridized carbons (Fsp3) is 0.417. The van der Waals surface area contributed by atoms with Crippen LogP contribution in [0, 0.1) is 17.5 Å². The van der Waals surface area contributed by atoms with Crippen molar-refractivity contribution in [3.05, 3.63) is 35.1 Å². The number of hydrogen-bond donors (Lipinski definition) is 2. The Labute approximate surface area is 103 Å². The van der Waals surface area contributed by atoms with Gasteiger partial charge in [-0.1, -0.05) is 6.92 Å². The van der Waals surface area contributed by atoms with Gasteiger partial charge in [0.05, 0.1) is 0 Å². The van der Waals surface area contributed by atoms with Crippen molar-refractivity contribution in [2.45, 2.75) is 13.3 Å². The first kappa shape index (κ1) is 14.5. The topological polar surface area (TPSA) is 41.1 Å². The summed E-state index contributed by atoms with van der Waals surface area (Å²) in [6, 6.07) is 0.966. The van der Waals surface area contributed by atoms with E-state index in [2.05, 4.69) is 10.6 Å². The van der Waals surface area contributed by atoms with Crippen LogP contribution >= 0.6 is 0 Å². The highest BCUT2D eigenvalue weighted by Gasteiger charge is 2.18. The molecule has 0 heterocycles. The van der Waals surface area contributed by atoms with Crippen LogP contribution in [0.4, 0.5) is 13.2 Å². The third-order valence-corrected chi connectivity index (χ3v) is 2.30. The van der Waals surface area contributed by atoms with E-state index in [4.69, 9.17) is 0 Å². The number of nitrogens with one attached hydrogen (secondary N) is 2. The minimum atomic E-state index is -1.20. The van der Waals surface area contributed by atoms with Gasteiger partial charge in [-0.25, -0.2) is 13.2 Å². The molecule has 0 fully saturated rings. The number of rotatable bonds is 6. The van der Waals surface area contributed by atoms with Crippen molar-refractivity contribution in [2.24, 2.45) is 0 Å². The highest BCUT2D eigenvalue weighted by atomic mass is 19.1. The number of carbonyl (C=O) groups excluding carboxylic acids is 1. The predicted octanol–water partition coefficient (Wildman–Crippen LogP) is 1.83. The summed E-state index contributed by atoms with van der Waals surface area (Å²) in [7, 11) is 0. The first-order valence-electron chi connectivity index (χ1n) is 5.69. The molecule has 0 aliphatic carbocycles.